The maximum Gasteiger partial charge on any atom is 0.267 e. The van der Waals surface area contributed by atoms with E-state index in [1.807, 2.05) is 0 Å². The minimum Gasteiger partial charge on any atom is -0.393 e. The lowest BCUT2D eigenvalue weighted by atomic mass is 10.2. The Labute approximate surface area is 100 Å². The summed E-state index contributed by atoms with van der Waals surface area (Å²) in [5.41, 5.74) is 0.881. The van der Waals surface area contributed by atoms with Gasteiger partial charge in [0.2, 0.25) is 0 Å². The Morgan fingerprint density at radius 1 is 1.53 bits per heavy atom. The molecule has 0 saturated heterocycles. The summed E-state index contributed by atoms with van der Waals surface area (Å²) in [7, 11) is 0. The molecule has 0 bridgehead atoms. The lowest BCUT2D eigenvalue weighted by Crippen LogP contribution is -2.25. The number of aromatic nitrogens is 1. The van der Waals surface area contributed by atoms with Crippen molar-refractivity contribution in [2.75, 3.05) is 6.54 Å². The molecule has 1 atom stereocenters. The molecule has 1 rings (SSSR count). The summed E-state index contributed by atoms with van der Waals surface area (Å²) in [6, 6.07) is 1.53. The number of amides is 1. The lowest BCUT2D eigenvalue weighted by molar-refractivity contribution is 0.0945. The minimum atomic E-state index is -0.346. The number of Topliss-reactive ketones (excluding diaryl/α,β-unsaturated/α-hetero) is 1. The van der Waals surface area contributed by atoms with Crippen LogP contribution in [0, 0.1) is 0 Å². The van der Waals surface area contributed by atoms with E-state index in [1.165, 1.54) is 19.2 Å². The highest BCUT2D eigenvalue weighted by atomic mass is 16.3. The first-order chi connectivity index (χ1) is 8.00. The monoisotopic (exact) mass is 238 g/mol. The van der Waals surface area contributed by atoms with Crippen LogP contribution < -0.4 is 5.32 Å². The first-order valence-electron chi connectivity index (χ1n) is 5.66. The average molecular weight is 238 g/mol. The molecule has 0 aliphatic carbocycles. The van der Waals surface area contributed by atoms with Gasteiger partial charge in [-0.15, -0.1) is 0 Å². The van der Waals surface area contributed by atoms with E-state index in [0.717, 1.165) is 6.42 Å². The van der Waals surface area contributed by atoms with Crippen LogP contribution in [-0.4, -0.2) is 34.4 Å². The summed E-state index contributed by atoms with van der Waals surface area (Å²) in [6.07, 6.45) is 2.56. The van der Waals surface area contributed by atoms with Crippen LogP contribution in [0.1, 0.15) is 47.5 Å². The molecular formula is C12H18N2O3. The van der Waals surface area contributed by atoms with Crippen LogP contribution in [0.5, 0.6) is 0 Å². The van der Waals surface area contributed by atoms with Gasteiger partial charge in [0, 0.05) is 18.3 Å². The highest BCUT2D eigenvalue weighted by molar-refractivity contribution is 5.98. The normalized spacial score (nSPS) is 12.2. The molecule has 0 saturated carbocycles. The molecule has 1 amide bonds. The Bertz CT molecular complexity index is 396. The van der Waals surface area contributed by atoms with Gasteiger partial charge < -0.3 is 15.4 Å². The molecule has 1 aromatic rings. The van der Waals surface area contributed by atoms with Crippen molar-refractivity contribution in [3.8, 4) is 0 Å². The van der Waals surface area contributed by atoms with E-state index in [-0.39, 0.29) is 17.8 Å². The summed E-state index contributed by atoms with van der Waals surface area (Å²) >= 11 is 0. The lowest BCUT2D eigenvalue weighted by Gasteiger charge is -2.05. The number of hydrogen-bond donors (Lipinski definition) is 3. The second-order valence-corrected chi connectivity index (χ2v) is 4.11. The number of hydrogen-bond acceptors (Lipinski definition) is 3. The average Bonchev–Trinajstić information content (AvgIpc) is 2.73. The molecule has 1 unspecified atom stereocenters. The molecule has 0 aliphatic heterocycles. The quantitative estimate of drug-likeness (QED) is 0.513. The van der Waals surface area contributed by atoms with E-state index in [2.05, 4.69) is 10.3 Å². The molecule has 3 N–H and O–H groups in total. The van der Waals surface area contributed by atoms with Crippen LogP contribution in [0.25, 0.3) is 0 Å². The molecule has 0 aliphatic rings. The number of H-pyrrole nitrogens is 1. The predicted octanol–water partition coefficient (Wildman–Crippen LogP) is 1.11. The van der Waals surface area contributed by atoms with Crippen LogP contribution >= 0.6 is 0 Å². The number of rotatable bonds is 6. The van der Waals surface area contributed by atoms with Gasteiger partial charge in [-0.25, -0.2) is 0 Å². The summed E-state index contributed by atoms with van der Waals surface area (Å²) in [5, 5.41) is 11.8. The van der Waals surface area contributed by atoms with E-state index >= 15 is 0 Å². The Kier molecular flexibility index (Phi) is 4.90. The standard InChI is InChI=1S/C12H18N2O3/c1-8(15)4-3-5-13-12(17)11-6-10(7-14-11)9(2)16/h6-8,14-15H,3-5H2,1-2H3,(H,13,17). The Balaban J connectivity index is 2.39. The third-order valence-corrected chi connectivity index (χ3v) is 2.42. The second-order valence-electron chi connectivity index (χ2n) is 4.11. The van der Waals surface area contributed by atoms with Crippen LogP contribution in [-0.2, 0) is 0 Å². The summed E-state index contributed by atoms with van der Waals surface area (Å²) in [4.78, 5) is 25.4. The zero-order chi connectivity index (χ0) is 12.8. The maximum atomic E-state index is 11.6. The third-order valence-electron chi connectivity index (χ3n) is 2.42. The van der Waals surface area contributed by atoms with Crippen LogP contribution in [0.2, 0.25) is 0 Å². The van der Waals surface area contributed by atoms with Crippen molar-refractivity contribution in [3.63, 3.8) is 0 Å². The summed E-state index contributed by atoms with van der Waals surface area (Å²) in [6.45, 7) is 3.68. The first kappa shape index (κ1) is 13.4. The number of ketones is 1. The largest absolute Gasteiger partial charge is 0.393 e. The number of aliphatic hydroxyl groups excluding tert-OH is 1. The second kappa shape index (κ2) is 6.20. The zero-order valence-corrected chi connectivity index (χ0v) is 10.1. The van der Waals surface area contributed by atoms with Crippen molar-refractivity contribution >= 4 is 11.7 Å². The molecule has 94 valence electrons. The molecular weight excluding hydrogens is 220 g/mol. The fourth-order valence-corrected chi connectivity index (χ4v) is 1.42. The van der Waals surface area contributed by atoms with Crippen LogP contribution in [0.3, 0.4) is 0 Å². The van der Waals surface area contributed by atoms with Gasteiger partial charge in [-0.2, -0.15) is 0 Å². The molecule has 1 heterocycles. The highest BCUT2D eigenvalue weighted by Crippen LogP contribution is 2.04. The van der Waals surface area contributed by atoms with Gasteiger partial charge in [0.05, 0.1) is 6.10 Å². The van der Waals surface area contributed by atoms with E-state index in [4.69, 9.17) is 5.11 Å². The number of aliphatic hydroxyl groups is 1. The molecule has 1 aromatic heterocycles. The van der Waals surface area contributed by atoms with E-state index in [9.17, 15) is 9.59 Å². The van der Waals surface area contributed by atoms with Crippen molar-refractivity contribution in [1.82, 2.24) is 10.3 Å². The van der Waals surface area contributed by atoms with E-state index in [1.54, 1.807) is 6.92 Å². The summed E-state index contributed by atoms with van der Waals surface area (Å²) < 4.78 is 0. The molecule has 0 fully saturated rings. The Hall–Kier alpha value is -1.62. The number of carbonyl (C=O) groups excluding carboxylic acids is 2. The topological polar surface area (TPSA) is 82.2 Å². The van der Waals surface area contributed by atoms with Gasteiger partial charge in [0.15, 0.2) is 5.78 Å². The van der Waals surface area contributed by atoms with Gasteiger partial charge >= 0.3 is 0 Å². The SMILES string of the molecule is CC(=O)c1c[nH]c(C(=O)NCCCC(C)O)c1. The van der Waals surface area contributed by atoms with E-state index in [0.29, 0.717) is 24.2 Å². The molecule has 0 spiro atoms. The number of carbonyl (C=O) groups is 2. The van der Waals surface area contributed by atoms with Crippen molar-refractivity contribution < 1.29 is 14.7 Å². The first-order valence-corrected chi connectivity index (χ1v) is 5.66. The van der Waals surface area contributed by atoms with Crippen LogP contribution in [0.4, 0.5) is 0 Å². The van der Waals surface area contributed by atoms with Gasteiger partial charge in [-0.05, 0) is 32.8 Å². The van der Waals surface area contributed by atoms with Gasteiger partial charge in [0.1, 0.15) is 5.69 Å². The van der Waals surface area contributed by atoms with Crippen molar-refractivity contribution in [3.05, 3.63) is 23.5 Å². The highest BCUT2D eigenvalue weighted by Gasteiger charge is 2.09. The minimum absolute atomic E-state index is 0.0746. The number of aromatic amines is 1. The molecule has 5 nitrogen and oxygen atoms in total. The summed E-state index contributed by atoms with van der Waals surface area (Å²) in [5.74, 6) is -0.308. The maximum absolute atomic E-state index is 11.6. The van der Waals surface area contributed by atoms with Gasteiger partial charge in [-0.3, -0.25) is 9.59 Å². The fraction of sp³-hybridized carbons (Fsp3) is 0.500. The van der Waals surface area contributed by atoms with Crippen molar-refractivity contribution in [2.24, 2.45) is 0 Å². The van der Waals surface area contributed by atoms with Crippen molar-refractivity contribution in [2.45, 2.75) is 32.8 Å². The van der Waals surface area contributed by atoms with Gasteiger partial charge in [-0.1, -0.05) is 0 Å². The molecule has 17 heavy (non-hydrogen) atoms. The Morgan fingerprint density at radius 2 is 2.24 bits per heavy atom. The molecule has 0 radical (unpaired) electrons. The molecule has 5 heteroatoms. The Morgan fingerprint density at radius 3 is 2.76 bits per heavy atom. The number of nitrogens with one attached hydrogen (secondary N) is 2. The van der Waals surface area contributed by atoms with Crippen molar-refractivity contribution in [1.29, 1.82) is 0 Å². The fourth-order valence-electron chi connectivity index (χ4n) is 1.42. The zero-order valence-electron chi connectivity index (χ0n) is 10.1. The van der Waals surface area contributed by atoms with Gasteiger partial charge in [0.25, 0.3) is 5.91 Å². The smallest absolute Gasteiger partial charge is 0.267 e. The van der Waals surface area contributed by atoms with E-state index < -0.39 is 0 Å². The molecule has 0 aromatic carbocycles. The van der Waals surface area contributed by atoms with Crippen LogP contribution in [0.15, 0.2) is 12.3 Å². The predicted molar refractivity (Wildman–Crippen MR) is 64.0 cm³/mol. The third kappa shape index (κ3) is 4.40.